The van der Waals surface area contributed by atoms with Crippen molar-refractivity contribution in [1.29, 1.82) is 0 Å². The summed E-state index contributed by atoms with van der Waals surface area (Å²) in [5, 5.41) is 1.14. The maximum Gasteiger partial charge on any atom is 0.226 e. The average Bonchev–Trinajstić information content (AvgIpc) is 2.51. The lowest BCUT2D eigenvalue weighted by molar-refractivity contribution is -0.136. The smallest absolute Gasteiger partial charge is 0.226 e. The second kappa shape index (κ2) is 8.04. The molecule has 1 amide bonds. The highest BCUT2D eigenvalue weighted by Crippen LogP contribution is 2.26. The van der Waals surface area contributed by atoms with Crippen LogP contribution in [0.2, 0.25) is 10.0 Å². The SMILES string of the molecule is CC(CN)C(=O)N1CCC(COc2cc(Cl)cc(Cl)c2)CC1. The van der Waals surface area contributed by atoms with Gasteiger partial charge >= 0.3 is 0 Å². The largest absolute Gasteiger partial charge is 0.493 e. The van der Waals surface area contributed by atoms with Crippen LogP contribution >= 0.6 is 23.2 Å². The first-order chi connectivity index (χ1) is 10.5. The molecule has 6 heteroatoms. The van der Waals surface area contributed by atoms with Gasteiger partial charge in [0.05, 0.1) is 6.61 Å². The maximum atomic E-state index is 12.1. The topological polar surface area (TPSA) is 55.6 Å². The van der Waals surface area contributed by atoms with Gasteiger partial charge in [-0.2, -0.15) is 0 Å². The van der Waals surface area contributed by atoms with Crippen molar-refractivity contribution in [2.75, 3.05) is 26.2 Å². The molecule has 0 radical (unpaired) electrons. The molecule has 1 saturated heterocycles. The van der Waals surface area contributed by atoms with Gasteiger partial charge in [-0.3, -0.25) is 4.79 Å². The number of rotatable bonds is 5. The van der Waals surface area contributed by atoms with Crippen molar-refractivity contribution in [3.8, 4) is 5.75 Å². The molecule has 4 nitrogen and oxygen atoms in total. The molecular weight excluding hydrogens is 323 g/mol. The highest BCUT2D eigenvalue weighted by Gasteiger charge is 2.25. The van der Waals surface area contributed by atoms with E-state index in [-0.39, 0.29) is 11.8 Å². The van der Waals surface area contributed by atoms with Gasteiger partial charge in [-0.1, -0.05) is 30.1 Å². The Morgan fingerprint density at radius 3 is 2.45 bits per heavy atom. The summed E-state index contributed by atoms with van der Waals surface area (Å²) >= 11 is 11.9. The van der Waals surface area contributed by atoms with Crippen molar-refractivity contribution in [2.45, 2.75) is 19.8 Å². The normalized spacial score (nSPS) is 17.4. The third kappa shape index (κ3) is 4.77. The lowest BCUT2D eigenvalue weighted by Crippen LogP contribution is -2.43. The molecular formula is C16H22Cl2N2O2. The van der Waals surface area contributed by atoms with Crippen LogP contribution in [0.3, 0.4) is 0 Å². The van der Waals surface area contributed by atoms with Gasteiger partial charge in [0.2, 0.25) is 5.91 Å². The van der Waals surface area contributed by atoms with Gasteiger partial charge in [0.25, 0.3) is 0 Å². The third-order valence-electron chi connectivity index (χ3n) is 4.02. The number of carbonyl (C=O) groups excluding carboxylic acids is 1. The molecule has 2 N–H and O–H groups in total. The van der Waals surface area contributed by atoms with Crippen molar-refractivity contribution in [3.63, 3.8) is 0 Å². The number of amides is 1. The summed E-state index contributed by atoms with van der Waals surface area (Å²) in [7, 11) is 0. The van der Waals surface area contributed by atoms with Crippen LogP contribution in [0.15, 0.2) is 18.2 Å². The van der Waals surface area contributed by atoms with E-state index in [2.05, 4.69) is 0 Å². The minimum atomic E-state index is -0.0959. The zero-order chi connectivity index (χ0) is 16.1. The molecule has 1 aliphatic rings. The Morgan fingerprint density at radius 2 is 1.91 bits per heavy atom. The van der Waals surface area contributed by atoms with Crippen LogP contribution in [0.4, 0.5) is 0 Å². The number of likely N-dealkylation sites (tertiary alicyclic amines) is 1. The van der Waals surface area contributed by atoms with Crippen molar-refractivity contribution in [3.05, 3.63) is 28.2 Å². The van der Waals surface area contributed by atoms with Crippen molar-refractivity contribution < 1.29 is 9.53 Å². The van der Waals surface area contributed by atoms with E-state index in [4.69, 9.17) is 33.7 Å². The molecule has 0 saturated carbocycles. The molecule has 1 atom stereocenters. The van der Waals surface area contributed by atoms with Gasteiger partial charge in [-0.15, -0.1) is 0 Å². The van der Waals surface area contributed by atoms with Crippen LogP contribution in [0.25, 0.3) is 0 Å². The number of piperidine rings is 1. The van der Waals surface area contributed by atoms with Gasteiger partial charge in [-0.05, 0) is 37.0 Å². The molecule has 1 aliphatic heterocycles. The van der Waals surface area contributed by atoms with E-state index in [1.807, 2.05) is 11.8 Å². The van der Waals surface area contributed by atoms with Crippen LogP contribution in [0, 0.1) is 11.8 Å². The van der Waals surface area contributed by atoms with Crippen LogP contribution < -0.4 is 10.5 Å². The Morgan fingerprint density at radius 1 is 1.32 bits per heavy atom. The molecule has 1 unspecified atom stereocenters. The second-order valence-electron chi connectivity index (χ2n) is 5.82. The molecule has 0 bridgehead atoms. The second-order valence-corrected chi connectivity index (χ2v) is 6.69. The summed E-state index contributed by atoms with van der Waals surface area (Å²) in [6.07, 6.45) is 1.88. The number of hydrogen-bond acceptors (Lipinski definition) is 3. The highest BCUT2D eigenvalue weighted by atomic mass is 35.5. The van der Waals surface area contributed by atoms with E-state index >= 15 is 0 Å². The Kier molecular flexibility index (Phi) is 6.36. The van der Waals surface area contributed by atoms with Crippen LogP contribution in [0.5, 0.6) is 5.75 Å². The zero-order valence-corrected chi connectivity index (χ0v) is 14.2. The van der Waals surface area contributed by atoms with Gasteiger partial charge in [-0.25, -0.2) is 0 Å². The number of nitrogens with two attached hydrogens (primary N) is 1. The van der Waals surface area contributed by atoms with Crippen molar-refractivity contribution in [1.82, 2.24) is 4.90 Å². The minimum Gasteiger partial charge on any atom is -0.493 e. The van der Waals surface area contributed by atoms with Crippen LogP contribution in [0.1, 0.15) is 19.8 Å². The van der Waals surface area contributed by atoms with Crippen molar-refractivity contribution in [2.24, 2.45) is 17.6 Å². The average molecular weight is 345 g/mol. The predicted octanol–water partition coefficient (Wildman–Crippen LogP) is 3.21. The molecule has 2 rings (SSSR count). The standard InChI is InChI=1S/C16H22Cl2N2O2/c1-11(9-19)16(21)20-4-2-12(3-5-20)10-22-15-7-13(17)6-14(18)8-15/h6-8,11-12H,2-5,9-10,19H2,1H3. The number of ether oxygens (including phenoxy) is 1. The third-order valence-corrected chi connectivity index (χ3v) is 4.46. The fraction of sp³-hybridized carbons (Fsp3) is 0.562. The van der Waals surface area contributed by atoms with E-state index in [0.717, 1.165) is 25.9 Å². The van der Waals surface area contributed by atoms with Gasteiger partial charge in [0.15, 0.2) is 0 Å². The lowest BCUT2D eigenvalue weighted by atomic mass is 9.96. The fourth-order valence-corrected chi connectivity index (χ4v) is 3.06. The lowest BCUT2D eigenvalue weighted by Gasteiger charge is -2.33. The summed E-state index contributed by atoms with van der Waals surface area (Å²) in [5.74, 6) is 1.19. The summed E-state index contributed by atoms with van der Waals surface area (Å²) < 4.78 is 5.78. The summed E-state index contributed by atoms with van der Waals surface area (Å²) in [4.78, 5) is 14.0. The van der Waals surface area contributed by atoms with Gasteiger partial charge in [0.1, 0.15) is 5.75 Å². The van der Waals surface area contributed by atoms with E-state index in [9.17, 15) is 4.79 Å². The maximum absolute atomic E-state index is 12.1. The molecule has 0 aromatic heterocycles. The van der Waals surface area contributed by atoms with E-state index in [1.54, 1.807) is 18.2 Å². The molecule has 1 heterocycles. The zero-order valence-electron chi connectivity index (χ0n) is 12.7. The Labute approximate surface area is 141 Å². The minimum absolute atomic E-state index is 0.0959. The first-order valence-corrected chi connectivity index (χ1v) is 8.33. The highest BCUT2D eigenvalue weighted by molar-refractivity contribution is 6.34. The van der Waals surface area contributed by atoms with Crippen LogP contribution in [-0.2, 0) is 4.79 Å². The molecule has 22 heavy (non-hydrogen) atoms. The molecule has 1 fully saturated rings. The number of halogens is 2. The Bertz CT molecular complexity index is 497. The quantitative estimate of drug-likeness (QED) is 0.892. The van der Waals surface area contributed by atoms with Crippen LogP contribution in [-0.4, -0.2) is 37.0 Å². The first-order valence-electron chi connectivity index (χ1n) is 7.57. The first kappa shape index (κ1) is 17.4. The monoisotopic (exact) mass is 344 g/mol. The molecule has 1 aromatic rings. The molecule has 1 aromatic carbocycles. The Balaban J connectivity index is 1.79. The van der Waals surface area contributed by atoms with Gasteiger partial charge < -0.3 is 15.4 Å². The van der Waals surface area contributed by atoms with E-state index in [1.165, 1.54) is 0 Å². The molecule has 0 aliphatic carbocycles. The summed E-state index contributed by atoms with van der Waals surface area (Å²) in [6.45, 7) is 4.43. The Hall–Kier alpha value is -0.970. The fourth-order valence-electron chi connectivity index (χ4n) is 2.56. The summed E-state index contributed by atoms with van der Waals surface area (Å²) in [6, 6.07) is 5.20. The van der Waals surface area contributed by atoms with Crippen molar-refractivity contribution >= 4 is 29.1 Å². The number of nitrogens with zero attached hydrogens (tertiary/aromatic N) is 1. The molecule has 0 spiro atoms. The van der Waals surface area contributed by atoms with E-state index in [0.29, 0.717) is 34.9 Å². The van der Waals surface area contributed by atoms with E-state index < -0.39 is 0 Å². The summed E-state index contributed by atoms with van der Waals surface area (Å²) in [5.41, 5.74) is 5.55. The number of benzene rings is 1. The molecule has 122 valence electrons. The number of hydrogen-bond donors (Lipinski definition) is 1. The number of carbonyl (C=O) groups is 1. The predicted molar refractivity (Wildman–Crippen MR) is 89.5 cm³/mol. The van der Waals surface area contributed by atoms with Gasteiger partial charge in [0, 0.05) is 35.6 Å².